The minimum absolute atomic E-state index is 0.0824. The number of nitrogens with one attached hydrogen (secondary N) is 1. The Kier molecular flexibility index (Phi) is 6.29. The minimum atomic E-state index is -0.0824. The van der Waals surface area contributed by atoms with E-state index in [1.165, 1.54) is 0 Å². The van der Waals surface area contributed by atoms with Crippen LogP contribution in [0.4, 0.5) is 5.69 Å². The molecule has 0 atom stereocenters. The molecule has 0 amide bonds. The van der Waals surface area contributed by atoms with Gasteiger partial charge < -0.3 is 21.1 Å². The predicted octanol–water partition coefficient (Wildman–Crippen LogP) is 3.17. The van der Waals surface area contributed by atoms with Crippen molar-refractivity contribution in [3.8, 4) is 5.75 Å². The molecule has 1 aromatic carbocycles. The SMILES string of the molecule is CCCCN(C)C(C=C(N)C(=N)c1cc(OC2(C)CC2)ccc1N)=NC. The summed E-state index contributed by atoms with van der Waals surface area (Å²) in [4.78, 5) is 6.33. The molecule has 142 valence electrons. The lowest BCUT2D eigenvalue weighted by atomic mass is 10.0. The average molecular weight is 358 g/mol. The number of rotatable bonds is 8. The molecule has 1 aliphatic carbocycles. The quantitative estimate of drug-likeness (QED) is 0.378. The first kappa shape index (κ1) is 19.8. The van der Waals surface area contributed by atoms with E-state index in [9.17, 15) is 0 Å². The fraction of sp³-hybridized carbons (Fsp3) is 0.500. The Labute approximate surface area is 156 Å². The Morgan fingerprint density at radius 1 is 1.42 bits per heavy atom. The van der Waals surface area contributed by atoms with Gasteiger partial charge in [-0.05, 0) is 44.4 Å². The number of nitrogens with two attached hydrogens (primary N) is 2. The number of amidine groups is 1. The molecule has 6 nitrogen and oxygen atoms in total. The van der Waals surface area contributed by atoms with Crippen molar-refractivity contribution in [1.29, 1.82) is 5.41 Å². The molecule has 2 rings (SSSR count). The number of likely N-dealkylation sites (N-methyl/N-ethyl adjacent to an activating group) is 1. The highest BCUT2D eigenvalue weighted by Gasteiger charge is 2.40. The molecular weight excluding hydrogens is 326 g/mol. The van der Waals surface area contributed by atoms with E-state index in [4.69, 9.17) is 21.6 Å². The first-order valence-electron chi connectivity index (χ1n) is 9.12. The molecule has 0 aromatic heterocycles. The van der Waals surface area contributed by atoms with E-state index in [1.807, 2.05) is 18.0 Å². The van der Waals surface area contributed by atoms with Crippen molar-refractivity contribution in [2.45, 2.75) is 45.1 Å². The number of anilines is 1. The predicted molar refractivity (Wildman–Crippen MR) is 109 cm³/mol. The largest absolute Gasteiger partial charge is 0.488 e. The highest BCUT2D eigenvalue weighted by Crippen LogP contribution is 2.40. The number of nitrogen functional groups attached to an aromatic ring is 1. The van der Waals surface area contributed by atoms with Gasteiger partial charge in [0.05, 0.1) is 11.4 Å². The molecule has 1 aromatic rings. The summed E-state index contributed by atoms with van der Waals surface area (Å²) in [5.41, 5.74) is 13.8. The van der Waals surface area contributed by atoms with E-state index in [1.54, 1.807) is 25.3 Å². The van der Waals surface area contributed by atoms with Crippen LogP contribution in [0.5, 0.6) is 5.75 Å². The Hall–Kier alpha value is -2.50. The standard InChI is InChI=1S/C20H31N5O/c1-5-6-11-25(4)18(24-3)13-17(22)19(23)15-12-14(7-8-16(15)21)26-20(2)9-10-20/h7-8,12-13,23H,5-6,9-11,21-22H2,1-4H3. The van der Waals surface area contributed by atoms with Gasteiger partial charge in [0.15, 0.2) is 0 Å². The molecular formula is C20H31N5O. The molecule has 0 saturated heterocycles. The summed E-state index contributed by atoms with van der Waals surface area (Å²) in [6.45, 7) is 5.12. The zero-order valence-corrected chi connectivity index (χ0v) is 16.3. The third-order valence-electron chi connectivity index (χ3n) is 4.65. The van der Waals surface area contributed by atoms with Crippen LogP contribution < -0.4 is 16.2 Å². The molecule has 0 spiro atoms. The molecule has 26 heavy (non-hydrogen) atoms. The van der Waals surface area contributed by atoms with Gasteiger partial charge in [0.1, 0.15) is 17.2 Å². The van der Waals surface area contributed by atoms with Gasteiger partial charge in [-0.1, -0.05) is 13.3 Å². The number of benzene rings is 1. The van der Waals surface area contributed by atoms with Crippen LogP contribution in [0, 0.1) is 5.41 Å². The van der Waals surface area contributed by atoms with Crippen molar-refractivity contribution in [2.24, 2.45) is 10.7 Å². The molecule has 1 fully saturated rings. The first-order valence-corrected chi connectivity index (χ1v) is 9.12. The smallest absolute Gasteiger partial charge is 0.125 e. The summed E-state index contributed by atoms with van der Waals surface area (Å²) in [6, 6.07) is 5.40. The molecule has 0 radical (unpaired) electrons. The zero-order valence-electron chi connectivity index (χ0n) is 16.3. The van der Waals surface area contributed by atoms with Crippen LogP contribution in [0.15, 0.2) is 35.0 Å². The van der Waals surface area contributed by atoms with Gasteiger partial charge >= 0.3 is 0 Å². The number of hydrogen-bond donors (Lipinski definition) is 3. The number of unbranched alkanes of at least 4 members (excludes halogenated alkanes) is 1. The third-order valence-corrected chi connectivity index (χ3v) is 4.65. The fourth-order valence-electron chi connectivity index (χ4n) is 2.60. The van der Waals surface area contributed by atoms with Crippen molar-refractivity contribution < 1.29 is 4.74 Å². The summed E-state index contributed by atoms with van der Waals surface area (Å²) in [6.07, 6.45) is 6.01. The van der Waals surface area contributed by atoms with Gasteiger partial charge in [-0.15, -0.1) is 0 Å². The third kappa shape index (κ3) is 5.00. The van der Waals surface area contributed by atoms with E-state index in [-0.39, 0.29) is 11.3 Å². The van der Waals surface area contributed by atoms with Gasteiger partial charge in [-0.3, -0.25) is 10.4 Å². The van der Waals surface area contributed by atoms with Gasteiger partial charge in [-0.25, -0.2) is 0 Å². The highest BCUT2D eigenvalue weighted by molar-refractivity contribution is 6.15. The van der Waals surface area contributed by atoms with Crippen molar-refractivity contribution >= 4 is 17.2 Å². The number of ether oxygens (including phenoxy) is 1. The van der Waals surface area contributed by atoms with Gasteiger partial charge in [-0.2, -0.15) is 0 Å². The van der Waals surface area contributed by atoms with Crippen molar-refractivity contribution in [3.63, 3.8) is 0 Å². The minimum Gasteiger partial charge on any atom is -0.488 e. The molecule has 0 bridgehead atoms. The van der Waals surface area contributed by atoms with Crippen LogP contribution in [-0.2, 0) is 0 Å². The van der Waals surface area contributed by atoms with E-state index in [0.717, 1.165) is 43.8 Å². The second-order valence-corrected chi connectivity index (χ2v) is 7.13. The lowest BCUT2D eigenvalue weighted by molar-refractivity contribution is 0.200. The lowest BCUT2D eigenvalue weighted by Crippen LogP contribution is -2.28. The molecule has 1 aliphatic rings. The topological polar surface area (TPSA) is 101 Å². The van der Waals surface area contributed by atoms with Crippen molar-refractivity contribution in [3.05, 3.63) is 35.5 Å². The van der Waals surface area contributed by atoms with Crippen molar-refractivity contribution in [2.75, 3.05) is 26.4 Å². The van der Waals surface area contributed by atoms with Gasteiger partial charge in [0.2, 0.25) is 0 Å². The van der Waals surface area contributed by atoms with Crippen LogP contribution in [0.2, 0.25) is 0 Å². The summed E-state index contributed by atoms with van der Waals surface area (Å²) >= 11 is 0. The summed E-state index contributed by atoms with van der Waals surface area (Å²) in [7, 11) is 3.70. The van der Waals surface area contributed by atoms with E-state index in [2.05, 4.69) is 18.8 Å². The number of aliphatic imine (C=N–C) groups is 1. The maximum Gasteiger partial charge on any atom is 0.125 e. The second kappa shape index (κ2) is 8.25. The average Bonchev–Trinajstić information content (AvgIpc) is 3.35. The molecule has 6 heteroatoms. The van der Waals surface area contributed by atoms with Crippen molar-refractivity contribution in [1.82, 2.24) is 4.90 Å². The van der Waals surface area contributed by atoms with Crippen LogP contribution in [-0.4, -0.2) is 42.7 Å². The summed E-state index contributed by atoms with van der Waals surface area (Å²) < 4.78 is 5.98. The molecule has 5 N–H and O–H groups in total. The van der Waals surface area contributed by atoms with Crippen LogP contribution in [0.3, 0.4) is 0 Å². The molecule has 0 unspecified atom stereocenters. The molecule has 0 heterocycles. The first-order chi connectivity index (χ1) is 12.3. The Morgan fingerprint density at radius 3 is 2.69 bits per heavy atom. The number of hydrogen-bond acceptors (Lipinski definition) is 5. The monoisotopic (exact) mass is 357 g/mol. The second-order valence-electron chi connectivity index (χ2n) is 7.13. The number of allylic oxidation sites excluding steroid dienone is 1. The highest BCUT2D eigenvalue weighted by atomic mass is 16.5. The number of nitrogens with zero attached hydrogens (tertiary/aromatic N) is 2. The van der Waals surface area contributed by atoms with Gasteiger partial charge in [0.25, 0.3) is 0 Å². The summed E-state index contributed by atoms with van der Waals surface area (Å²) in [5, 5.41) is 8.47. The molecule has 1 saturated carbocycles. The lowest BCUT2D eigenvalue weighted by Gasteiger charge is -2.19. The van der Waals surface area contributed by atoms with Gasteiger partial charge in [0, 0.05) is 38.0 Å². The Balaban J connectivity index is 2.19. The Bertz CT molecular complexity index is 719. The summed E-state index contributed by atoms with van der Waals surface area (Å²) in [5.74, 6) is 1.47. The molecule has 0 aliphatic heterocycles. The fourth-order valence-corrected chi connectivity index (χ4v) is 2.60. The maximum atomic E-state index is 8.47. The normalized spacial score (nSPS) is 16.3. The van der Waals surface area contributed by atoms with E-state index >= 15 is 0 Å². The van der Waals surface area contributed by atoms with E-state index < -0.39 is 0 Å². The van der Waals surface area contributed by atoms with Crippen LogP contribution in [0.1, 0.15) is 45.1 Å². The van der Waals surface area contributed by atoms with E-state index in [0.29, 0.717) is 16.9 Å². The zero-order chi connectivity index (χ0) is 19.3. The maximum absolute atomic E-state index is 8.47. The van der Waals surface area contributed by atoms with Crippen LogP contribution >= 0.6 is 0 Å². The Morgan fingerprint density at radius 2 is 2.12 bits per heavy atom. The van der Waals surface area contributed by atoms with Crippen LogP contribution in [0.25, 0.3) is 0 Å².